The van der Waals surface area contributed by atoms with Crippen LogP contribution >= 0.6 is 0 Å². The molecule has 0 saturated carbocycles. The fourth-order valence-electron chi connectivity index (χ4n) is 0. The zero-order valence-electron chi connectivity index (χ0n) is 6.08. The predicted octanol–water partition coefficient (Wildman–Crippen LogP) is -10.7. The number of hydrogen-bond acceptors (Lipinski definition) is 4. The first-order chi connectivity index (χ1) is 2.00. The molecule has 0 aliphatic heterocycles. The van der Waals surface area contributed by atoms with Crippen LogP contribution in [-0.2, 0) is 3.74 Å². The van der Waals surface area contributed by atoms with Crippen LogP contribution in [0.2, 0.25) is 0 Å². The summed E-state index contributed by atoms with van der Waals surface area (Å²) in [6, 6.07) is 0. The van der Waals surface area contributed by atoms with Gasteiger partial charge in [0.15, 0.2) is 0 Å². The van der Waals surface area contributed by atoms with Crippen LogP contribution in [0.4, 0.5) is 0 Å². The average Bonchev–Trinajstić information content (AvgIpc) is 0.722. The van der Waals surface area contributed by atoms with Crippen molar-refractivity contribution in [3.05, 3.63) is 0 Å². The molecule has 0 spiro atoms. The SMILES string of the molecule is O.O.O.O.O.O.O.O.O=[As]([O-])([O-])[O-]. The molecule has 0 atom stereocenters. The fourth-order valence-corrected chi connectivity index (χ4v) is 0. The molecule has 0 bridgehead atoms. The third kappa shape index (κ3) is 176000. The van der Waals surface area contributed by atoms with Gasteiger partial charge < -0.3 is 43.8 Å². The van der Waals surface area contributed by atoms with Crippen molar-refractivity contribution in [3.8, 4) is 0 Å². The Morgan fingerprint density at radius 2 is 0.538 bits per heavy atom. The molecule has 0 aromatic rings. The molecule has 0 heterocycles. The Kier molecular flexibility index (Phi) is 373. The van der Waals surface area contributed by atoms with Crippen molar-refractivity contribution >= 4 is 14.5 Å². The third-order valence-corrected chi connectivity index (χ3v) is 0. The Hall–Kier alpha value is -0.0816. The van der Waals surface area contributed by atoms with E-state index < -0.39 is 14.5 Å². The van der Waals surface area contributed by atoms with Crippen molar-refractivity contribution in [3.63, 3.8) is 0 Å². The number of hydrogen-bond donors (Lipinski definition) is 0. The zero-order chi connectivity index (χ0) is 4.50. The molecule has 12 nitrogen and oxygen atoms in total. The second kappa shape index (κ2) is 40.6. The van der Waals surface area contributed by atoms with E-state index in [0.717, 1.165) is 0 Å². The third-order valence-electron chi connectivity index (χ3n) is 0. The molecule has 13 heavy (non-hydrogen) atoms. The van der Waals surface area contributed by atoms with Gasteiger partial charge in [0.25, 0.3) is 0 Å². The van der Waals surface area contributed by atoms with Gasteiger partial charge in [-0.05, 0) is 0 Å². The number of rotatable bonds is 0. The summed E-state index contributed by atoms with van der Waals surface area (Å²) in [4.78, 5) is 0. The van der Waals surface area contributed by atoms with Gasteiger partial charge >= 0.3 is 30.5 Å². The van der Waals surface area contributed by atoms with Crippen molar-refractivity contribution in [2.45, 2.75) is 0 Å². The molecule has 96 valence electrons. The predicted molar refractivity (Wildman–Crippen MR) is 35.4 cm³/mol. The van der Waals surface area contributed by atoms with E-state index in [4.69, 9.17) is 16.0 Å². The molecule has 0 rings (SSSR count). The van der Waals surface area contributed by atoms with Gasteiger partial charge in [-0.3, -0.25) is 0 Å². The van der Waals surface area contributed by atoms with Crippen molar-refractivity contribution in [2.75, 3.05) is 0 Å². The molecule has 0 radical (unpaired) electrons. The second-order valence-electron chi connectivity index (χ2n) is 0.447. The summed E-state index contributed by atoms with van der Waals surface area (Å²) in [7, 11) is 0. The van der Waals surface area contributed by atoms with Crippen LogP contribution in [0.3, 0.4) is 0 Å². The molecule has 0 aromatic heterocycles. The van der Waals surface area contributed by atoms with Crippen LogP contribution in [0.15, 0.2) is 0 Å². The van der Waals surface area contributed by atoms with Crippen LogP contribution in [-0.4, -0.2) is 58.3 Å². The molecule has 0 aromatic carbocycles. The van der Waals surface area contributed by atoms with Crippen LogP contribution in [0.5, 0.6) is 0 Å². The van der Waals surface area contributed by atoms with E-state index in [9.17, 15) is 0 Å². The van der Waals surface area contributed by atoms with Gasteiger partial charge in [-0.2, -0.15) is 0 Å². The fraction of sp³-hybridized carbons (Fsp3) is 0. The monoisotopic (exact) mass is 283 g/mol. The van der Waals surface area contributed by atoms with E-state index in [1.54, 1.807) is 0 Å². The Balaban J connectivity index is -0.00000000286. The Morgan fingerprint density at radius 3 is 0.538 bits per heavy atom. The van der Waals surface area contributed by atoms with Gasteiger partial charge in [-0.15, -0.1) is 0 Å². The van der Waals surface area contributed by atoms with E-state index in [-0.39, 0.29) is 43.8 Å². The summed E-state index contributed by atoms with van der Waals surface area (Å²) < 4.78 is 34.4. The summed E-state index contributed by atoms with van der Waals surface area (Å²) >= 11 is -5.88. The topological polar surface area (TPSA) is 338 Å². The van der Waals surface area contributed by atoms with E-state index in [2.05, 4.69) is 0 Å². The quantitative estimate of drug-likeness (QED) is 0.390. The van der Waals surface area contributed by atoms with E-state index >= 15 is 0 Å². The maximum atomic E-state index is 8.61. The summed E-state index contributed by atoms with van der Waals surface area (Å²) in [5.41, 5.74) is 0. The maximum absolute atomic E-state index is 8.61. The molecule has 13 heteroatoms. The van der Waals surface area contributed by atoms with Crippen LogP contribution in [0.1, 0.15) is 0 Å². The van der Waals surface area contributed by atoms with Crippen LogP contribution < -0.4 is 12.3 Å². The molecular formula is H16AsO12-3. The minimum atomic E-state index is -5.88. The first-order valence-electron chi connectivity index (χ1n) is 0.730. The first kappa shape index (κ1) is 120. The van der Waals surface area contributed by atoms with Crippen LogP contribution in [0.25, 0.3) is 0 Å². The van der Waals surface area contributed by atoms with Gasteiger partial charge in [0.05, 0.1) is 0 Å². The first-order valence-corrected chi connectivity index (χ1v) is 3.79. The van der Waals surface area contributed by atoms with Crippen molar-refractivity contribution in [1.82, 2.24) is 0 Å². The molecule has 0 saturated heterocycles. The van der Waals surface area contributed by atoms with Gasteiger partial charge in [0.1, 0.15) is 0 Å². The second-order valence-corrected chi connectivity index (χ2v) is 2.32. The van der Waals surface area contributed by atoms with Gasteiger partial charge in [0, 0.05) is 0 Å². The van der Waals surface area contributed by atoms with Crippen molar-refractivity contribution in [1.29, 1.82) is 0 Å². The van der Waals surface area contributed by atoms with Crippen LogP contribution in [0, 0.1) is 0 Å². The van der Waals surface area contributed by atoms with E-state index in [0.29, 0.717) is 0 Å². The molecule has 0 aliphatic rings. The Bertz CT molecular complexity index is 51.3. The van der Waals surface area contributed by atoms with Crippen molar-refractivity contribution < 1.29 is 59.8 Å². The minimum absolute atomic E-state index is 0. The van der Waals surface area contributed by atoms with Gasteiger partial charge in [0.2, 0.25) is 0 Å². The van der Waals surface area contributed by atoms with E-state index in [1.807, 2.05) is 0 Å². The molecule has 0 fully saturated rings. The molecule has 0 aliphatic carbocycles. The molecule has 16 N–H and O–H groups in total. The molecule has 0 amide bonds. The summed E-state index contributed by atoms with van der Waals surface area (Å²) in [5.74, 6) is 0. The Morgan fingerprint density at radius 1 is 0.538 bits per heavy atom. The van der Waals surface area contributed by atoms with Gasteiger partial charge in [-0.1, -0.05) is 0 Å². The zero-order valence-corrected chi connectivity index (χ0v) is 7.96. The van der Waals surface area contributed by atoms with Crippen molar-refractivity contribution in [2.24, 2.45) is 0 Å². The Labute approximate surface area is 75.3 Å². The van der Waals surface area contributed by atoms with Gasteiger partial charge in [-0.25, -0.2) is 0 Å². The molecule has 0 unspecified atom stereocenters. The summed E-state index contributed by atoms with van der Waals surface area (Å²) in [6.45, 7) is 0. The normalized spacial score (nSPS) is 4.54. The average molecular weight is 283 g/mol. The molecular weight excluding hydrogens is 267 g/mol. The summed E-state index contributed by atoms with van der Waals surface area (Å²) in [6.07, 6.45) is 0. The standard InChI is InChI=1S/AsH3O4.8H2O/c2-1(3,4)5;;;;;;;;/h(H3,2,3,4,5);8*1H2/p-3. The summed E-state index contributed by atoms with van der Waals surface area (Å²) in [5, 5.41) is 0. The van der Waals surface area contributed by atoms with E-state index in [1.165, 1.54) is 0 Å².